The number of fused-ring (bicyclic) bond motifs is 3. The molecule has 4 rings (SSSR count). The summed E-state index contributed by atoms with van der Waals surface area (Å²) in [5.41, 5.74) is 2.44. The molecule has 1 aromatic carbocycles. The number of aromatic nitrogens is 1. The average Bonchev–Trinajstić information content (AvgIpc) is 2.98. The Morgan fingerprint density at radius 1 is 1.05 bits per heavy atom. The van der Waals surface area contributed by atoms with Crippen LogP contribution in [0.3, 0.4) is 0 Å². The third-order valence-electron chi connectivity index (χ3n) is 4.53. The molecule has 0 amide bonds. The van der Waals surface area contributed by atoms with Gasteiger partial charge in [-0.2, -0.15) is 0 Å². The number of hydrogen-bond acceptors (Lipinski definition) is 2. The van der Waals surface area contributed by atoms with E-state index in [1.807, 2.05) is 5.38 Å². The van der Waals surface area contributed by atoms with E-state index in [2.05, 4.69) is 29.2 Å². The predicted molar refractivity (Wildman–Crippen MR) is 85.8 cm³/mol. The van der Waals surface area contributed by atoms with Gasteiger partial charge in [0.2, 0.25) is 0 Å². The van der Waals surface area contributed by atoms with E-state index in [-0.39, 0.29) is 5.56 Å². The molecule has 1 N–H and O–H groups in total. The molecule has 1 aliphatic rings. The van der Waals surface area contributed by atoms with Crippen molar-refractivity contribution in [2.75, 3.05) is 0 Å². The van der Waals surface area contributed by atoms with Crippen molar-refractivity contribution in [3.63, 3.8) is 0 Å². The second-order valence-electron chi connectivity index (χ2n) is 5.76. The van der Waals surface area contributed by atoms with Crippen LogP contribution in [-0.4, -0.2) is 4.98 Å². The summed E-state index contributed by atoms with van der Waals surface area (Å²) in [5.74, 6) is 0.703. The van der Waals surface area contributed by atoms with Crippen LogP contribution in [0.15, 0.2) is 34.4 Å². The first kappa shape index (κ1) is 12.2. The molecule has 1 saturated carbocycles. The number of aromatic amines is 1. The molecule has 20 heavy (non-hydrogen) atoms. The van der Waals surface area contributed by atoms with Crippen molar-refractivity contribution in [3.05, 3.63) is 45.6 Å². The Kier molecular flexibility index (Phi) is 2.88. The maximum absolute atomic E-state index is 12.0. The van der Waals surface area contributed by atoms with Crippen molar-refractivity contribution >= 4 is 32.3 Å². The minimum absolute atomic E-state index is 0.0351. The maximum Gasteiger partial charge on any atom is 0.266 e. The van der Waals surface area contributed by atoms with Crippen LogP contribution >= 0.6 is 11.3 Å². The third-order valence-corrected chi connectivity index (χ3v) is 5.44. The zero-order chi connectivity index (χ0) is 13.5. The van der Waals surface area contributed by atoms with Gasteiger partial charge in [-0.25, -0.2) is 0 Å². The number of benzene rings is 1. The highest BCUT2D eigenvalue weighted by molar-refractivity contribution is 7.17. The lowest BCUT2D eigenvalue weighted by molar-refractivity contribution is 0.444. The van der Waals surface area contributed by atoms with Gasteiger partial charge in [-0.05, 0) is 47.9 Å². The second-order valence-corrected chi connectivity index (χ2v) is 6.67. The van der Waals surface area contributed by atoms with E-state index in [0.29, 0.717) is 5.92 Å². The van der Waals surface area contributed by atoms with Crippen molar-refractivity contribution in [2.45, 2.75) is 38.0 Å². The minimum atomic E-state index is 0.0351. The summed E-state index contributed by atoms with van der Waals surface area (Å²) in [7, 11) is 0. The lowest BCUT2D eigenvalue weighted by Crippen LogP contribution is -2.06. The Morgan fingerprint density at radius 2 is 1.90 bits per heavy atom. The molecule has 2 nitrogen and oxygen atoms in total. The molecule has 3 heteroatoms. The van der Waals surface area contributed by atoms with Crippen molar-refractivity contribution in [3.8, 4) is 0 Å². The van der Waals surface area contributed by atoms with Crippen LogP contribution < -0.4 is 5.56 Å². The first-order chi connectivity index (χ1) is 9.83. The summed E-state index contributed by atoms with van der Waals surface area (Å²) in [6.45, 7) is 0. The molecule has 2 heterocycles. The quantitative estimate of drug-likeness (QED) is 0.684. The highest BCUT2D eigenvalue weighted by Gasteiger charge is 2.16. The first-order valence-electron chi connectivity index (χ1n) is 7.36. The minimum Gasteiger partial charge on any atom is -0.321 e. The molecule has 2 aromatic heterocycles. The fourth-order valence-electron chi connectivity index (χ4n) is 3.46. The van der Waals surface area contributed by atoms with Gasteiger partial charge in [0.15, 0.2) is 0 Å². The maximum atomic E-state index is 12.0. The third kappa shape index (κ3) is 1.88. The summed E-state index contributed by atoms with van der Waals surface area (Å²) >= 11 is 1.53. The van der Waals surface area contributed by atoms with Gasteiger partial charge in [0.25, 0.3) is 5.56 Å². The zero-order valence-corrected chi connectivity index (χ0v) is 12.1. The normalized spacial score (nSPS) is 17.0. The molecule has 0 radical (unpaired) electrons. The summed E-state index contributed by atoms with van der Waals surface area (Å²) in [6.07, 6.45) is 6.69. The van der Waals surface area contributed by atoms with E-state index in [1.165, 1.54) is 54.4 Å². The lowest BCUT2D eigenvalue weighted by Gasteiger charge is -2.22. The van der Waals surface area contributed by atoms with Gasteiger partial charge >= 0.3 is 0 Å². The van der Waals surface area contributed by atoms with E-state index in [1.54, 1.807) is 0 Å². The number of rotatable bonds is 1. The summed E-state index contributed by atoms with van der Waals surface area (Å²) in [5, 5.41) is 4.31. The number of pyridine rings is 1. The number of nitrogens with one attached hydrogen (secondary N) is 1. The average molecular weight is 283 g/mol. The molecule has 0 spiro atoms. The molecule has 0 bridgehead atoms. The molecule has 0 aliphatic heterocycles. The van der Waals surface area contributed by atoms with Gasteiger partial charge < -0.3 is 4.98 Å². The second kappa shape index (κ2) is 4.74. The van der Waals surface area contributed by atoms with Gasteiger partial charge in [-0.1, -0.05) is 25.3 Å². The number of thiophene rings is 1. The molecule has 102 valence electrons. The SMILES string of the molecule is O=c1[nH]c2ccc(C3CCCCC3)cc2c2ccsc12. The van der Waals surface area contributed by atoms with Gasteiger partial charge in [-0.15, -0.1) is 11.3 Å². The monoisotopic (exact) mass is 283 g/mol. The number of hydrogen-bond donors (Lipinski definition) is 1. The predicted octanol–water partition coefficient (Wildman–Crippen LogP) is 4.79. The van der Waals surface area contributed by atoms with Crippen LogP contribution in [0.1, 0.15) is 43.6 Å². The molecule has 1 aliphatic carbocycles. The van der Waals surface area contributed by atoms with Gasteiger partial charge in [-0.3, -0.25) is 4.79 Å². The standard InChI is InChI=1S/C17H17NOS/c19-17-16-13(8-9-20-16)14-10-12(6-7-15(14)18-17)11-4-2-1-3-5-11/h6-11H,1-5H2,(H,18,19). The fourth-order valence-corrected chi connectivity index (χ4v) is 4.26. The molecule has 0 atom stereocenters. The zero-order valence-electron chi connectivity index (χ0n) is 11.3. The molecular weight excluding hydrogens is 266 g/mol. The van der Waals surface area contributed by atoms with Crippen LogP contribution in [0.4, 0.5) is 0 Å². The molecular formula is C17H17NOS. The topological polar surface area (TPSA) is 32.9 Å². The van der Waals surface area contributed by atoms with E-state index < -0.39 is 0 Å². The summed E-state index contributed by atoms with van der Waals surface area (Å²) < 4.78 is 0.846. The Balaban J connectivity index is 1.93. The first-order valence-corrected chi connectivity index (χ1v) is 8.24. The largest absolute Gasteiger partial charge is 0.321 e. The number of H-pyrrole nitrogens is 1. The molecule has 1 fully saturated rings. The highest BCUT2D eigenvalue weighted by Crippen LogP contribution is 2.35. The highest BCUT2D eigenvalue weighted by atomic mass is 32.1. The van der Waals surface area contributed by atoms with Crippen molar-refractivity contribution in [2.24, 2.45) is 0 Å². The van der Waals surface area contributed by atoms with Crippen LogP contribution in [0.2, 0.25) is 0 Å². The van der Waals surface area contributed by atoms with Crippen molar-refractivity contribution in [1.29, 1.82) is 0 Å². The van der Waals surface area contributed by atoms with Gasteiger partial charge in [0.1, 0.15) is 4.70 Å². The Morgan fingerprint density at radius 3 is 2.75 bits per heavy atom. The van der Waals surface area contributed by atoms with Crippen molar-refractivity contribution < 1.29 is 0 Å². The lowest BCUT2D eigenvalue weighted by atomic mass is 9.83. The van der Waals surface area contributed by atoms with Crippen LogP contribution in [-0.2, 0) is 0 Å². The van der Waals surface area contributed by atoms with Gasteiger partial charge in [0.05, 0.1) is 0 Å². The summed E-state index contributed by atoms with van der Waals surface area (Å²) in [4.78, 5) is 15.0. The van der Waals surface area contributed by atoms with Gasteiger partial charge in [0, 0.05) is 16.3 Å². The molecule has 0 unspecified atom stereocenters. The smallest absolute Gasteiger partial charge is 0.266 e. The molecule has 3 aromatic rings. The van der Waals surface area contributed by atoms with E-state index in [9.17, 15) is 4.79 Å². The van der Waals surface area contributed by atoms with Crippen LogP contribution in [0.5, 0.6) is 0 Å². The van der Waals surface area contributed by atoms with Crippen LogP contribution in [0.25, 0.3) is 21.0 Å². The van der Waals surface area contributed by atoms with Crippen LogP contribution in [0, 0.1) is 0 Å². The Hall–Kier alpha value is -1.61. The van der Waals surface area contributed by atoms with Crippen molar-refractivity contribution in [1.82, 2.24) is 4.98 Å². The molecule has 0 saturated heterocycles. The Bertz CT molecular complexity index is 824. The van der Waals surface area contributed by atoms with E-state index in [0.717, 1.165) is 15.6 Å². The van der Waals surface area contributed by atoms with E-state index >= 15 is 0 Å². The fraction of sp³-hybridized carbons (Fsp3) is 0.353. The Labute approximate surface area is 121 Å². The summed E-state index contributed by atoms with van der Waals surface area (Å²) in [6, 6.07) is 8.66. The van der Waals surface area contributed by atoms with E-state index in [4.69, 9.17) is 0 Å².